The number of aromatic nitrogens is 2. The molecule has 12 heteroatoms. The number of nitrogens with one attached hydrogen (secondary N) is 1. The number of esters is 1. The molecule has 0 radical (unpaired) electrons. The summed E-state index contributed by atoms with van der Waals surface area (Å²) in [6.07, 6.45) is 1.04. The molecule has 9 nitrogen and oxygen atoms in total. The van der Waals surface area contributed by atoms with Crippen LogP contribution in [0, 0.1) is 13.8 Å². The molecule has 0 saturated heterocycles. The Morgan fingerprint density at radius 1 is 1.25 bits per heavy atom. The fourth-order valence-corrected chi connectivity index (χ4v) is 4.52. The molecule has 1 N–H and O–H groups in total. The molecule has 28 heavy (non-hydrogen) atoms. The highest BCUT2D eigenvalue weighted by Gasteiger charge is 2.22. The van der Waals surface area contributed by atoms with E-state index >= 15 is 0 Å². The average molecular weight is 445 g/mol. The van der Waals surface area contributed by atoms with E-state index in [1.165, 1.54) is 7.11 Å². The molecule has 0 aliphatic heterocycles. The third-order valence-electron chi connectivity index (χ3n) is 3.66. The molecule has 1 heterocycles. The number of amides is 1. The maximum atomic E-state index is 12.4. The first kappa shape index (κ1) is 22.1. The monoisotopic (exact) mass is 444 g/mol. The Bertz CT molecular complexity index is 974. The lowest BCUT2D eigenvalue weighted by Gasteiger charge is -2.22. The van der Waals surface area contributed by atoms with Gasteiger partial charge in [-0.15, -0.1) is 10.2 Å². The number of carbonyl (C=O) groups is 2. The highest BCUT2D eigenvalue weighted by Crippen LogP contribution is 2.26. The molecule has 2 aromatic rings. The predicted octanol–water partition coefficient (Wildman–Crippen LogP) is 1.82. The number of nitrogens with zero attached hydrogens (tertiary/aromatic N) is 3. The van der Waals surface area contributed by atoms with Crippen molar-refractivity contribution in [2.45, 2.75) is 18.2 Å². The second kappa shape index (κ2) is 9.34. The number of hydrogen-bond acceptors (Lipinski definition) is 9. The van der Waals surface area contributed by atoms with Crippen molar-refractivity contribution >= 4 is 55.8 Å². The smallest absolute Gasteiger partial charge is 0.316 e. The highest BCUT2D eigenvalue weighted by molar-refractivity contribution is 8.01. The average Bonchev–Trinajstić information content (AvgIpc) is 3.06. The van der Waals surface area contributed by atoms with E-state index in [1.807, 2.05) is 13.8 Å². The summed E-state index contributed by atoms with van der Waals surface area (Å²) in [7, 11) is -2.38. The fourth-order valence-electron chi connectivity index (χ4n) is 2.07. The fraction of sp³-hybridized carbons (Fsp3) is 0.375. The maximum absolute atomic E-state index is 12.4. The SMILES string of the molecule is COC(=O)CSc1nnc(NC(=O)CN(c2ccc(C)c(C)c2)S(C)(=O)=O)s1. The summed E-state index contributed by atoms with van der Waals surface area (Å²) >= 11 is 2.21. The van der Waals surface area contributed by atoms with Crippen molar-refractivity contribution in [1.29, 1.82) is 0 Å². The number of methoxy groups -OCH3 is 1. The number of sulfonamides is 1. The van der Waals surface area contributed by atoms with Gasteiger partial charge in [0.2, 0.25) is 21.1 Å². The maximum Gasteiger partial charge on any atom is 0.316 e. The minimum atomic E-state index is -3.67. The van der Waals surface area contributed by atoms with Crippen molar-refractivity contribution in [3.8, 4) is 0 Å². The number of ether oxygens (including phenoxy) is 1. The Balaban J connectivity index is 2.07. The van der Waals surface area contributed by atoms with E-state index in [2.05, 4.69) is 20.3 Å². The number of anilines is 2. The van der Waals surface area contributed by atoms with Gasteiger partial charge in [-0.3, -0.25) is 19.2 Å². The van der Waals surface area contributed by atoms with Gasteiger partial charge in [-0.05, 0) is 37.1 Å². The van der Waals surface area contributed by atoms with Crippen molar-refractivity contribution in [1.82, 2.24) is 10.2 Å². The van der Waals surface area contributed by atoms with Gasteiger partial charge in [-0.2, -0.15) is 0 Å². The first-order valence-corrected chi connectivity index (χ1v) is 11.6. The third kappa shape index (κ3) is 6.17. The van der Waals surface area contributed by atoms with Gasteiger partial charge in [0.1, 0.15) is 6.54 Å². The van der Waals surface area contributed by atoms with Crippen molar-refractivity contribution in [3.63, 3.8) is 0 Å². The van der Waals surface area contributed by atoms with Crippen molar-refractivity contribution in [2.24, 2.45) is 0 Å². The zero-order valence-electron chi connectivity index (χ0n) is 15.8. The van der Waals surface area contributed by atoms with E-state index in [4.69, 9.17) is 0 Å². The molecule has 0 fully saturated rings. The summed E-state index contributed by atoms with van der Waals surface area (Å²) in [6.45, 7) is 3.39. The zero-order chi connectivity index (χ0) is 20.9. The molecule has 0 bridgehead atoms. The van der Waals surface area contributed by atoms with Crippen LogP contribution < -0.4 is 9.62 Å². The molecule has 0 unspecified atom stereocenters. The predicted molar refractivity (Wildman–Crippen MR) is 109 cm³/mol. The van der Waals surface area contributed by atoms with Crippen LogP contribution in [-0.2, 0) is 24.3 Å². The standard InChI is InChI=1S/C16H20N4O5S3/c1-10-5-6-12(7-11(10)2)20(28(4,23)24)8-13(21)17-15-18-19-16(27-15)26-9-14(22)25-3/h5-7H,8-9H2,1-4H3,(H,17,18,21). The van der Waals surface area contributed by atoms with Gasteiger partial charge in [0.05, 0.1) is 24.8 Å². The van der Waals surface area contributed by atoms with Crippen molar-refractivity contribution < 1.29 is 22.7 Å². The number of rotatable bonds is 8. The molecule has 0 aliphatic carbocycles. The van der Waals surface area contributed by atoms with Gasteiger partial charge in [0.15, 0.2) is 4.34 Å². The zero-order valence-corrected chi connectivity index (χ0v) is 18.2. The lowest BCUT2D eigenvalue weighted by atomic mass is 10.1. The molecule has 0 aliphatic rings. The summed E-state index contributed by atoms with van der Waals surface area (Å²) in [5, 5.41) is 10.4. The van der Waals surface area contributed by atoms with Gasteiger partial charge < -0.3 is 4.74 Å². The number of hydrogen-bond donors (Lipinski definition) is 1. The van der Waals surface area contributed by atoms with Gasteiger partial charge in [-0.1, -0.05) is 29.2 Å². The molecule has 2 rings (SSSR count). The number of benzene rings is 1. The van der Waals surface area contributed by atoms with Crippen LogP contribution in [0.2, 0.25) is 0 Å². The number of carbonyl (C=O) groups excluding carboxylic acids is 2. The van der Waals surface area contributed by atoms with Gasteiger partial charge in [-0.25, -0.2) is 8.42 Å². The largest absolute Gasteiger partial charge is 0.468 e. The summed E-state index contributed by atoms with van der Waals surface area (Å²) in [6, 6.07) is 5.18. The van der Waals surface area contributed by atoms with E-state index in [1.54, 1.807) is 18.2 Å². The minimum Gasteiger partial charge on any atom is -0.468 e. The van der Waals surface area contributed by atoms with Gasteiger partial charge >= 0.3 is 5.97 Å². The van der Waals surface area contributed by atoms with E-state index in [9.17, 15) is 18.0 Å². The summed E-state index contributed by atoms with van der Waals surface area (Å²) in [5.41, 5.74) is 2.35. The van der Waals surface area contributed by atoms with Crippen LogP contribution in [0.1, 0.15) is 11.1 Å². The van der Waals surface area contributed by atoms with E-state index in [0.717, 1.165) is 44.8 Å². The Labute approximate surface area is 171 Å². The quantitative estimate of drug-likeness (QED) is 0.372. The lowest BCUT2D eigenvalue weighted by molar-refractivity contribution is -0.137. The van der Waals surface area contributed by atoms with Crippen LogP contribution in [0.4, 0.5) is 10.8 Å². The Kier molecular flexibility index (Phi) is 7.38. The first-order valence-electron chi connectivity index (χ1n) is 7.98. The second-order valence-corrected chi connectivity index (χ2v) is 9.93. The molecule has 1 aromatic carbocycles. The van der Waals surface area contributed by atoms with Crippen LogP contribution >= 0.6 is 23.1 Å². The lowest BCUT2D eigenvalue weighted by Crippen LogP contribution is -2.37. The van der Waals surface area contributed by atoms with E-state index < -0.39 is 28.4 Å². The molecule has 0 atom stereocenters. The van der Waals surface area contributed by atoms with Crippen LogP contribution in [-0.4, -0.2) is 56.2 Å². The summed E-state index contributed by atoms with van der Waals surface area (Å²) in [4.78, 5) is 23.5. The van der Waals surface area contributed by atoms with E-state index in [0.29, 0.717) is 10.0 Å². The Morgan fingerprint density at radius 2 is 1.96 bits per heavy atom. The summed E-state index contributed by atoms with van der Waals surface area (Å²) in [5.74, 6) is -0.874. The molecule has 152 valence electrons. The van der Waals surface area contributed by atoms with E-state index in [-0.39, 0.29) is 10.9 Å². The number of thioether (sulfide) groups is 1. The molecule has 0 saturated carbocycles. The minimum absolute atomic E-state index is 0.0771. The van der Waals surface area contributed by atoms with Crippen molar-refractivity contribution in [2.75, 3.05) is 35.3 Å². The van der Waals surface area contributed by atoms with Crippen LogP contribution in [0.25, 0.3) is 0 Å². The van der Waals surface area contributed by atoms with Gasteiger partial charge in [0, 0.05) is 0 Å². The Hall–Kier alpha value is -2.18. The topological polar surface area (TPSA) is 119 Å². The molecule has 1 aromatic heterocycles. The van der Waals surface area contributed by atoms with Crippen LogP contribution in [0.3, 0.4) is 0 Å². The molecular formula is C16H20N4O5S3. The Morgan fingerprint density at radius 3 is 2.57 bits per heavy atom. The summed E-state index contributed by atoms with van der Waals surface area (Å²) < 4.78 is 30.4. The van der Waals surface area contributed by atoms with Crippen LogP contribution in [0.5, 0.6) is 0 Å². The van der Waals surface area contributed by atoms with Crippen LogP contribution in [0.15, 0.2) is 22.5 Å². The third-order valence-corrected chi connectivity index (χ3v) is 6.75. The second-order valence-electron chi connectivity index (χ2n) is 5.82. The number of aryl methyl sites for hydroxylation is 2. The van der Waals surface area contributed by atoms with Crippen molar-refractivity contribution in [3.05, 3.63) is 29.3 Å². The van der Waals surface area contributed by atoms with Gasteiger partial charge in [0.25, 0.3) is 0 Å². The molecule has 1 amide bonds. The first-order chi connectivity index (χ1) is 13.1. The highest BCUT2D eigenvalue weighted by atomic mass is 32.2. The molecule has 0 spiro atoms. The normalized spacial score (nSPS) is 11.1. The molecular weight excluding hydrogens is 424 g/mol.